The fourth-order valence-corrected chi connectivity index (χ4v) is 1.99. The number of nitriles is 1. The van der Waals surface area contributed by atoms with E-state index in [4.69, 9.17) is 11.0 Å². The van der Waals surface area contributed by atoms with Crippen LogP contribution < -0.4 is 10.6 Å². The summed E-state index contributed by atoms with van der Waals surface area (Å²) in [7, 11) is 1.82. The number of nitrogen functional groups attached to an aromatic ring is 1. The van der Waals surface area contributed by atoms with Gasteiger partial charge in [-0.2, -0.15) is 5.26 Å². The van der Waals surface area contributed by atoms with Crippen LogP contribution in [0.5, 0.6) is 0 Å². The second-order valence-corrected chi connectivity index (χ2v) is 4.35. The predicted molar refractivity (Wildman–Crippen MR) is 74.1 cm³/mol. The van der Waals surface area contributed by atoms with E-state index in [1.165, 1.54) is 6.07 Å². The number of anilines is 2. The number of benzene rings is 2. The molecule has 4 heteroatoms. The van der Waals surface area contributed by atoms with Crippen molar-refractivity contribution in [3.63, 3.8) is 0 Å². The maximum atomic E-state index is 13.5. The average molecular weight is 255 g/mol. The van der Waals surface area contributed by atoms with Crippen molar-refractivity contribution in [1.29, 1.82) is 5.26 Å². The molecule has 0 saturated heterocycles. The van der Waals surface area contributed by atoms with Gasteiger partial charge in [0.25, 0.3) is 0 Å². The van der Waals surface area contributed by atoms with Crippen molar-refractivity contribution in [2.24, 2.45) is 0 Å². The zero-order valence-electron chi connectivity index (χ0n) is 10.6. The number of hydrogen-bond donors (Lipinski definition) is 1. The Kier molecular flexibility index (Phi) is 3.67. The number of rotatable bonds is 3. The standard InChI is InChI=1S/C15H14FN3/c1-19(10-11-4-2-5-12(18)8-11)15-7-3-6-14(16)13(15)9-17/h2-8H,10,18H2,1H3. The molecule has 0 aromatic heterocycles. The van der Waals surface area contributed by atoms with Crippen LogP contribution in [0.2, 0.25) is 0 Å². The van der Waals surface area contributed by atoms with Gasteiger partial charge in [-0.05, 0) is 29.8 Å². The van der Waals surface area contributed by atoms with Crippen molar-refractivity contribution in [2.75, 3.05) is 17.7 Å². The molecule has 0 aliphatic rings. The van der Waals surface area contributed by atoms with E-state index in [0.29, 0.717) is 17.9 Å². The van der Waals surface area contributed by atoms with E-state index in [0.717, 1.165) is 5.56 Å². The van der Waals surface area contributed by atoms with E-state index in [9.17, 15) is 4.39 Å². The van der Waals surface area contributed by atoms with E-state index in [-0.39, 0.29) is 5.56 Å². The van der Waals surface area contributed by atoms with Crippen LogP contribution >= 0.6 is 0 Å². The van der Waals surface area contributed by atoms with Gasteiger partial charge in [0.15, 0.2) is 0 Å². The highest BCUT2D eigenvalue weighted by molar-refractivity contribution is 5.59. The fraction of sp³-hybridized carbons (Fsp3) is 0.133. The molecule has 0 saturated carbocycles. The molecule has 0 fully saturated rings. The molecular weight excluding hydrogens is 241 g/mol. The Bertz CT molecular complexity index is 632. The van der Waals surface area contributed by atoms with Crippen molar-refractivity contribution < 1.29 is 4.39 Å². The van der Waals surface area contributed by atoms with Crippen LogP contribution in [-0.2, 0) is 6.54 Å². The molecule has 0 bridgehead atoms. The minimum atomic E-state index is -0.501. The molecule has 0 aliphatic heterocycles. The van der Waals surface area contributed by atoms with Gasteiger partial charge in [0, 0.05) is 19.3 Å². The largest absolute Gasteiger partial charge is 0.399 e. The van der Waals surface area contributed by atoms with Gasteiger partial charge in [-0.25, -0.2) is 4.39 Å². The Morgan fingerprint density at radius 3 is 2.68 bits per heavy atom. The molecule has 0 aliphatic carbocycles. The van der Waals surface area contributed by atoms with E-state index < -0.39 is 5.82 Å². The smallest absolute Gasteiger partial charge is 0.143 e. The second kappa shape index (κ2) is 5.40. The molecule has 2 aromatic carbocycles. The van der Waals surface area contributed by atoms with Gasteiger partial charge in [-0.1, -0.05) is 18.2 Å². The summed E-state index contributed by atoms with van der Waals surface area (Å²) in [6.07, 6.45) is 0. The van der Waals surface area contributed by atoms with Crippen LogP contribution in [0.4, 0.5) is 15.8 Å². The Labute approximate surface area is 111 Å². The summed E-state index contributed by atoms with van der Waals surface area (Å²) in [6, 6.07) is 14.0. The SMILES string of the molecule is CN(Cc1cccc(N)c1)c1cccc(F)c1C#N. The molecule has 2 N–H and O–H groups in total. The molecule has 2 rings (SSSR count). The van der Waals surface area contributed by atoms with Crippen molar-refractivity contribution in [3.8, 4) is 6.07 Å². The molecule has 0 atom stereocenters. The topological polar surface area (TPSA) is 53.0 Å². The van der Waals surface area contributed by atoms with Crippen LogP contribution in [0.1, 0.15) is 11.1 Å². The molecule has 3 nitrogen and oxygen atoms in total. The summed E-state index contributed by atoms with van der Waals surface area (Å²) >= 11 is 0. The molecule has 0 amide bonds. The highest BCUT2D eigenvalue weighted by Crippen LogP contribution is 2.23. The normalized spacial score (nSPS) is 9.95. The fourth-order valence-electron chi connectivity index (χ4n) is 1.99. The summed E-state index contributed by atoms with van der Waals surface area (Å²) in [5.74, 6) is -0.501. The van der Waals surface area contributed by atoms with E-state index in [1.54, 1.807) is 12.1 Å². The van der Waals surface area contributed by atoms with Gasteiger partial charge >= 0.3 is 0 Å². The lowest BCUT2D eigenvalue weighted by Crippen LogP contribution is -2.18. The molecule has 0 spiro atoms. The lowest BCUT2D eigenvalue weighted by atomic mass is 10.1. The third-order valence-electron chi connectivity index (χ3n) is 2.89. The van der Waals surface area contributed by atoms with Crippen molar-refractivity contribution in [3.05, 3.63) is 59.4 Å². The molecule has 0 radical (unpaired) electrons. The first-order chi connectivity index (χ1) is 9.11. The predicted octanol–water partition coefficient (Wildman–Crippen LogP) is 2.92. The lowest BCUT2D eigenvalue weighted by molar-refractivity contribution is 0.623. The summed E-state index contributed by atoms with van der Waals surface area (Å²) < 4.78 is 13.5. The van der Waals surface area contributed by atoms with Crippen LogP contribution in [0.25, 0.3) is 0 Å². The number of nitrogens with zero attached hydrogens (tertiary/aromatic N) is 2. The second-order valence-electron chi connectivity index (χ2n) is 4.35. The molecule has 0 unspecified atom stereocenters. The quantitative estimate of drug-likeness (QED) is 0.858. The Balaban J connectivity index is 2.28. The van der Waals surface area contributed by atoms with Gasteiger partial charge < -0.3 is 10.6 Å². The zero-order chi connectivity index (χ0) is 13.8. The van der Waals surface area contributed by atoms with Crippen LogP contribution in [-0.4, -0.2) is 7.05 Å². The highest BCUT2D eigenvalue weighted by Gasteiger charge is 2.11. The van der Waals surface area contributed by atoms with Crippen molar-refractivity contribution >= 4 is 11.4 Å². The first kappa shape index (κ1) is 12.9. The third kappa shape index (κ3) is 2.83. The monoisotopic (exact) mass is 255 g/mol. The maximum absolute atomic E-state index is 13.5. The number of hydrogen-bond acceptors (Lipinski definition) is 3. The van der Waals surface area contributed by atoms with Crippen LogP contribution in [0, 0.1) is 17.1 Å². The first-order valence-electron chi connectivity index (χ1n) is 5.86. The number of nitrogens with two attached hydrogens (primary N) is 1. The molecule has 2 aromatic rings. The maximum Gasteiger partial charge on any atom is 0.143 e. The molecule has 0 heterocycles. The summed E-state index contributed by atoms with van der Waals surface area (Å²) in [5, 5.41) is 9.02. The van der Waals surface area contributed by atoms with Gasteiger partial charge in [-0.3, -0.25) is 0 Å². The van der Waals surface area contributed by atoms with Crippen LogP contribution in [0.15, 0.2) is 42.5 Å². The van der Waals surface area contributed by atoms with Gasteiger partial charge in [0.05, 0.1) is 5.69 Å². The highest BCUT2D eigenvalue weighted by atomic mass is 19.1. The van der Waals surface area contributed by atoms with E-state index in [1.807, 2.05) is 42.3 Å². The first-order valence-corrected chi connectivity index (χ1v) is 5.86. The van der Waals surface area contributed by atoms with Crippen LogP contribution in [0.3, 0.4) is 0 Å². The lowest BCUT2D eigenvalue weighted by Gasteiger charge is -2.21. The molecular formula is C15H14FN3. The third-order valence-corrected chi connectivity index (χ3v) is 2.89. The average Bonchev–Trinajstić information content (AvgIpc) is 2.38. The van der Waals surface area contributed by atoms with E-state index >= 15 is 0 Å². The van der Waals surface area contributed by atoms with Crippen molar-refractivity contribution in [1.82, 2.24) is 0 Å². The van der Waals surface area contributed by atoms with Gasteiger partial charge in [-0.15, -0.1) is 0 Å². The minimum Gasteiger partial charge on any atom is -0.399 e. The summed E-state index contributed by atoms with van der Waals surface area (Å²) in [4.78, 5) is 1.83. The summed E-state index contributed by atoms with van der Waals surface area (Å²) in [5.41, 5.74) is 8.06. The zero-order valence-corrected chi connectivity index (χ0v) is 10.6. The van der Waals surface area contributed by atoms with Gasteiger partial charge in [0.2, 0.25) is 0 Å². The van der Waals surface area contributed by atoms with Crippen molar-refractivity contribution in [2.45, 2.75) is 6.54 Å². The Morgan fingerprint density at radius 1 is 1.26 bits per heavy atom. The summed E-state index contributed by atoms with van der Waals surface area (Å²) in [6.45, 7) is 0.559. The molecule has 96 valence electrons. The minimum absolute atomic E-state index is 0.0638. The number of halogens is 1. The Hall–Kier alpha value is -2.54. The van der Waals surface area contributed by atoms with Gasteiger partial charge in [0.1, 0.15) is 17.4 Å². The molecule has 19 heavy (non-hydrogen) atoms. The Morgan fingerprint density at radius 2 is 2.00 bits per heavy atom. The van der Waals surface area contributed by atoms with E-state index in [2.05, 4.69) is 0 Å².